The Morgan fingerprint density at radius 1 is 1.24 bits per heavy atom. The van der Waals surface area contributed by atoms with Crippen molar-refractivity contribution in [1.82, 2.24) is 10.2 Å². The molecule has 112 valence electrons. The molecule has 5 nitrogen and oxygen atoms in total. The predicted octanol–water partition coefficient (Wildman–Crippen LogP) is 1.41. The van der Waals surface area contributed by atoms with Gasteiger partial charge in [0, 0.05) is 21.7 Å². The van der Waals surface area contributed by atoms with Gasteiger partial charge in [0.05, 0.1) is 13.2 Å². The van der Waals surface area contributed by atoms with Crippen LogP contribution in [0.1, 0.15) is 23.2 Å². The smallest absolute Gasteiger partial charge is 0.254 e. The molecule has 2 amide bonds. The second-order valence-corrected chi connectivity index (χ2v) is 6.62. The lowest BCUT2D eigenvalue weighted by molar-refractivity contribution is -0.130. The van der Waals surface area contributed by atoms with Gasteiger partial charge >= 0.3 is 0 Å². The first kappa shape index (κ1) is 14.8. The fourth-order valence-corrected chi connectivity index (χ4v) is 2.71. The van der Waals surface area contributed by atoms with Crippen LogP contribution in [0.4, 0.5) is 0 Å². The first-order valence-corrected chi connectivity index (χ1v) is 8.17. The van der Waals surface area contributed by atoms with Crippen LogP contribution in [0.3, 0.4) is 0 Å². The van der Waals surface area contributed by atoms with E-state index in [2.05, 4.69) is 27.9 Å². The van der Waals surface area contributed by atoms with Crippen LogP contribution in [-0.2, 0) is 9.53 Å². The lowest BCUT2D eigenvalue weighted by Gasteiger charge is -2.34. The Kier molecular flexibility index (Phi) is 4.44. The molecule has 1 saturated heterocycles. The highest BCUT2D eigenvalue weighted by atomic mass is 127. The highest BCUT2D eigenvalue weighted by Gasteiger charge is 2.35. The molecule has 2 fully saturated rings. The van der Waals surface area contributed by atoms with Crippen LogP contribution in [0.5, 0.6) is 0 Å². The number of hydrogen-bond donors (Lipinski definition) is 1. The quantitative estimate of drug-likeness (QED) is 0.781. The van der Waals surface area contributed by atoms with E-state index in [9.17, 15) is 9.59 Å². The van der Waals surface area contributed by atoms with Gasteiger partial charge in [-0.15, -0.1) is 0 Å². The average molecular weight is 400 g/mol. The second-order valence-electron chi connectivity index (χ2n) is 5.38. The molecule has 6 heteroatoms. The molecule has 1 heterocycles. The van der Waals surface area contributed by atoms with E-state index in [1.165, 1.54) is 0 Å². The number of benzene rings is 1. The lowest BCUT2D eigenvalue weighted by atomic mass is 10.1. The van der Waals surface area contributed by atoms with E-state index in [4.69, 9.17) is 4.74 Å². The number of rotatable bonds is 3. The van der Waals surface area contributed by atoms with Gasteiger partial charge in [-0.2, -0.15) is 0 Å². The predicted molar refractivity (Wildman–Crippen MR) is 86.0 cm³/mol. The molecule has 3 rings (SSSR count). The van der Waals surface area contributed by atoms with Crippen molar-refractivity contribution in [3.8, 4) is 0 Å². The van der Waals surface area contributed by atoms with Gasteiger partial charge in [-0.3, -0.25) is 9.59 Å². The third kappa shape index (κ3) is 3.55. The highest BCUT2D eigenvalue weighted by Crippen LogP contribution is 2.20. The molecule has 1 aromatic carbocycles. The van der Waals surface area contributed by atoms with E-state index in [1.54, 1.807) is 17.0 Å². The third-order valence-corrected chi connectivity index (χ3v) is 4.43. The van der Waals surface area contributed by atoms with Crippen LogP contribution in [0, 0.1) is 3.57 Å². The Labute approximate surface area is 137 Å². The number of amides is 2. The van der Waals surface area contributed by atoms with Crippen LogP contribution in [-0.4, -0.2) is 48.6 Å². The van der Waals surface area contributed by atoms with Crippen molar-refractivity contribution >= 4 is 34.4 Å². The summed E-state index contributed by atoms with van der Waals surface area (Å²) < 4.78 is 6.46. The maximum Gasteiger partial charge on any atom is 0.254 e. The second kappa shape index (κ2) is 6.31. The van der Waals surface area contributed by atoms with Gasteiger partial charge in [-0.25, -0.2) is 0 Å². The van der Waals surface area contributed by atoms with Crippen molar-refractivity contribution in [2.45, 2.75) is 24.9 Å². The van der Waals surface area contributed by atoms with Crippen LogP contribution in [0.25, 0.3) is 0 Å². The lowest BCUT2D eigenvalue weighted by Crippen LogP contribution is -2.56. The molecule has 1 unspecified atom stereocenters. The maximum atomic E-state index is 12.6. The summed E-state index contributed by atoms with van der Waals surface area (Å²) in [6.07, 6.45) is 2.06. The molecule has 1 atom stereocenters. The fraction of sp³-hybridized carbons (Fsp3) is 0.467. The topological polar surface area (TPSA) is 58.6 Å². The van der Waals surface area contributed by atoms with Crippen molar-refractivity contribution < 1.29 is 14.3 Å². The molecule has 1 aliphatic carbocycles. The first-order chi connectivity index (χ1) is 10.1. The summed E-state index contributed by atoms with van der Waals surface area (Å²) in [4.78, 5) is 26.5. The zero-order chi connectivity index (χ0) is 14.8. The van der Waals surface area contributed by atoms with Gasteiger partial charge in [0.2, 0.25) is 5.91 Å². The monoisotopic (exact) mass is 400 g/mol. The highest BCUT2D eigenvalue weighted by molar-refractivity contribution is 14.1. The Hall–Kier alpha value is -1.15. The minimum atomic E-state index is -0.522. The van der Waals surface area contributed by atoms with Crippen molar-refractivity contribution in [3.05, 3.63) is 33.4 Å². The summed E-state index contributed by atoms with van der Waals surface area (Å²) in [6, 6.07) is 7.16. The summed E-state index contributed by atoms with van der Waals surface area (Å²) in [5.74, 6) is -0.207. The zero-order valence-electron chi connectivity index (χ0n) is 11.5. The Morgan fingerprint density at radius 2 is 1.95 bits per heavy atom. The Bertz CT molecular complexity index is 542. The van der Waals surface area contributed by atoms with E-state index in [0.717, 1.165) is 16.4 Å². The van der Waals surface area contributed by atoms with Crippen LogP contribution in [0.2, 0.25) is 0 Å². The molecule has 0 aromatic heterocycles. The molecule has 1 aromatic rings. The summed E-state index contributed by atoms with van der Waals surface area (Å²) in [5.41, 5.74) is 0.613. The zero-order valence-corrected chi connectivity index (χ0v) is 13.7. The normalized spacial score (nSPS) is 22.0. The van der Waals surface area contributed by atoms with Crippen LogP contribution in [0.15, 0.2) is 24.3 Å². The number of nitrogens with zero attached hydrogens (tertiary/aromatic N) is 1. The van der Waals surface area contributed by atoms with E-state index >= 15 is 0 Å². The molecule has 1 saturated carbocycles. The number of ether oxygens (including phenoxy) is 1. The van der Waals surface area contributed by atoms with Crippen molar-refractivity contribution in [2.75, 3.05) is 19.8 Å². The molecule has 0 spiro atoms. The Balaban J connectivity index is 1.74. The number of halogens is 1. The van der Waals surface area contributed by atoms with Crippen LogP contribution < -0.4 is 5.32 Å². The molecule has 21 heavy (non-hydrogen) atoms. The maximum absolute atomic E-state index is 12.6. The molecule has 2 aliphatic rings. The molecular formula is C15H17IN2O3. The first-order valence-electron chi connectivity index (χ1n) is 7.10. The number of nitrogens with one attached hydrogen (secondary N) is 1. The fourth-order valence-electron chi connectivity index (χ4n) is 2.35. The Morgan fingerprint density at radius 3 is 2.62 bits per heavy atom. The number of carbonyl (C=O) groups excluding carboxylic acids is 2. The number of hydrogen-bond acceptors (Lipinski definition) is 3. The van der Waals surface area contributed by atoms with Crippen molar-refractivity contribution in [2.24, 2.45) is 0 Å². The van der Waals surface area contributed by atoms with Crippen molar-refractivity contribution in [3.63, 3.8) is 0 Å². The summed E-state index contributed by atoms with van der Waals surface area (Å²) in [5, 5.41) is 2.95. The van der Waals surface area contributed by atoms with Gasteiger partial charge in [0.15, 0.2) is 0 Å². The van der Waals surface area contributed by atoms with Gasteiger partial charge in [0.25, 0.3) is 5.91 Å². The third-order valence-electron chi connectivity index (χ3n) is 3.71. The SMILES string of the molecule is O=C(NC1CC1)C1COCCN1C(=O)c1ccc(I)cc1. The minimum Gasteiger partial charge on any atom is -0.377 e. The number of morpholine rings is 1. The van der Waals surface area contributed by atoms with Gasteiger partial charge in [-0.05, 0) is 59.7 Å². The van der Waals surface area contributed by atoms with Crippen LogP contribution >= 0.6 is 22.6 Å². The molecule has 1 N–H and O–H groups in total. The van der Waals surface area contributed by atoms with E-state index in [1.807, 2.05) is 12.1 Å². The van der Waals surface area contributed by atoms with Gasteiger partial charge in [-0.1, -0.05) is 0 Å². The molecular weight excluding hydrogens is 383 g/mol. The van der Waals surface area contributed by atoms with E-state index < -0.39 is 6.04 Å². The van der Waals surface area contributed by atoms with Gasteiger partial charge in [0.1, 0.15) is 6.04 Å². The largest absolute Gasteiger partial charge is 0.377 e. The van der Waals surface area contributed by atoms with Crippen molar-refractivity contribution in [1.29, 1.82) is 0 Å². The standard InChI is InChI=1S/C15H17IN2O3/c16-11-3-1-10(2-4-11)15(20)18-7-8-21-9-13(18)14(19)17-12-5-6-12/h1-4,12-13H,5-9H2,(H,17,19). The van der Waals surface area contributed by atoms with E-state index in [0.29, 0.717) is 18.7 Å². The minimum absolute atomic E-state index is 0.101. The average Bonchev–Trinajstić information content (AvgIpc) is 3.31. The summed E-state index contributed by atoms with van der Waals surface area (Å²) in [6.45, 7) is 1.20. The summed E-state index contributed by atoms with van der Waals surface area (Å²) >= 11 is 2.20. The van der Waals surface area contributed by atoms with E-state index in [-0.39, 0.29) is 24.5 Å². The molecule has 0 bridgehead atoms. The molecule has 1 aliphatic heterocycles. The van der Waals surface area contributed by atoms with Gasteiger partial charge < -0.3 is 15.0 Å². The summed E-state index contributed by atoms with van der Waals surface area (Å²) in [7, 11) is 0. The number of carbonyl (C=O) groups is 2. The molecule has 0 radical (unpaired) electrons.